The van der Waals surface area contributed by atoms with E-state index in [9.17, 15) is 0 Å². The minimum absolute atomic E-state index is 0.227. The van der Waals surface area contributed by atoms with Crippen molar-refractivity contribution in [2.75, 3.05) is 11.6 Å². The monoisotopic (exact) mass is 193 g/mol. The number of aryl methyl sites for hydroxylation is 2. The van der Waals surface area contributed by atoms with Gasteiger partial charge in [-0.15, -0.1) is 10.2 Å². The van der Waals surface area contributed by atoms with E-state index >= 15 is 0 Å². The molecule has 7 nitrogen and oxygen atoms in total. The lowest BCUT2D eigenvalue weighted by Crippen LogP contribution is -2.16. The van der Waals surface area contributed by atoms with E-state index in [0.29, 0.717) is 12.2 Å². The van der Waals surface area contributed by atoms with Gasteiger partial charge in [0.25, 0.3) is 0 Å². The molecule has 0 amide bonds. The van der Waals surface area contributed by atoms with Crippen molar-refractivity contribution in [1.29, 1.82) is 0 Å². The van der Waals surface area contributed by atoms with E-state index in [2.05, 4.69) is 15.2 Å². The summed E-state index contributed by atoms with van der Waals surface area (Å²) in [5.74, 6) is 6.47. The van der Waals surface area contributed by atoms with E-state index in [4.69, 9.17) is 11.6 Å². The molecule has 0 atom stereocenters. The Balaban J connectivity index is 2.02. The molecule has 2 aromatic rings. The lowest BCUT2D eigenvalue weighted by atomic mass is 10.4. The van der Waals surface area contributed by atoms with Gasteiger partial charge in [0.05, 0.1) is 6.33 Å². The zero-order chi connectivity index (χ0) is 9.97. The summed E-state index contributed by atoms with van der Waals surface area (Å²) < 4.78 is 3.22. The first kappa shape index (κ1) is 8.54. The summed E-state index contributed by atoms with van der Waals surface area (Å²) in [7, 11) is 0. The molecule has 4 N–H and O–H groups in total. The molecule has 14 heavy (non-hydrogen) atoms. The Morgan fingerprint density at radius 1 is 1.36 bits per heavy atom. The fourth-order valence-corrected chi connectivity index (χ4v) is 1.16. The number of nitrogens with zero attached hydrogens (tertiary/aromatic N) is 5. The molecule has 7 heteroatoms. The van der Waals surface area contributed by atoms with Crippen LogP contribution in [-0.4, -0.2) is 24.4 Å². The molecule has 2 heterocycles. The number of nitrogens with two attached hydrogens (primary N) is 2. The van der Waals surface area contributed by atoms with E-state index in [1.54, 1.807) is 12.5 Å². The molecule has 74 valence electrons. The SMILES string of the molecule is Nc1nnc(CCn2ccnc2)n1N. The molecule has 0 radical (unpaired) electrons. The molecule has 0 saturated carbocycles. The minimum Gasteiger partial charge on any atom is -0.366 e. The van der Waals surface area contributed by atoms with Crippen molar-refractivity contribution in [3.8, 4) is 0 Å². The lowest BCUT2D eigenvalue weighted by Gasteiger charge is -2.01. The van der Waals surface area contributed by atoms with Crippen molar-refractivity contribution < 1.29 is 0 Å². The van der Waals surface area contributed by atoms with Gasteiger partial charge < -0.3 is 16.1 Å². The minimum atomic E-state index is 0.227. The highest BCUT2D eigenvalue weighted by atomic mass is 15.4. The molecule has 2 aromatic heterocycles. The standard InChI is InChI=1S/C7H11N7/c8-7-12-11-6(14(7)9)1-3-13-4-2-10-5-13/h2,4-5H,1,3,9H2,(H2,8,12). The summed E-state index contributed by atoms with van der Waals surface area (Å²) >= 11 is 0. The molecular weight excluding hydrogens is 182 g/mol. The number of imidazole rings is 1. The molecule has 0 fully saturated rings. The predicted molar refractivity (Wildman–Crippen MR) is 50.5 cm³/mol. The van der Waals surface area contributed by atoms with Gasteiger partial charge in [0, 0.05) is 25.4 Å². The molecule has 0 aliphatic carbocycles. The van der Waals surface area contributed by atoms with Crippen molar-refractivity contribution in [2.24, 2.45) is 0 Å². The highest BCUT2D eigenvalue weighted by Gasteiger charge is 2.05. The van der Waals surface area contributed by atoms with Crippen molar-refractivity contribution in [3.05, 3.63) is 24.5 Å². The molecule has 0 aromatic carbocycles. The summed E-state index contributed by atoms with van der Waals surface area (Å²) in [6.07, 6.45) is 6.01. The second kappa shape index (κ2) is 3.36. The third-order valence-electron chi connectivity index (χ3n) is 1.95. The van der Waals surface area contributed by atoms with Crippen LogP contribution in [0.2, 0.25) is 0 Å². The Bertz CT molecular complexity index is 402. The topological polar surface area (TPSA) is 101 Å². The van der Waals surface area contributed by atoms with E-state index in [1.807, 2.05) is 10.8 Å². The summed E-state index contributed by atoms with van der Waals surface area (Å²) in [5.41, 5.74) is 5.43. The molecule has 0 unspecified atom stereocenters. The van der Waals surface area contributed by atoms with Gasteiger partial charge in [-0.2, -0.15) is 0 Å². The maximum atomic E-state index is 5.58. The van der Waals surface area contributed by atoms with Crippen LogP contribution in [0.15, 0.2) is 18.7 Å². The Morgan fingerprint density at radius 2 is 2.21 bits per heavy atom. The third-order valence-corrected chi connectivity index (χ3v) is 1.95. The summed E-state index contributed by atoms with van der Waals surface area (Å²) in [6, 6.07) is 0. The Labute approximate surface area is 80.3 Å². The van der Waals surface area contributed by atoms with E-state index < -0.39 is 0 Å². The van der Waals surface area contributed by atoms with Crippen LogP contribution < -0.4 is 11.6 Å². The van der Waals surface area contributed by atoms with E-state index in [-0.39, 0.29) is 5.95 Å². The smallest absolute Gasteiger partial charge is 0.240 e. The van der Waals surface area contributed by atoms with Gasteiger partial charge in [-0.1, -0.05) is 0 Å². The summed E-state index contributed by atoms with van der Waals surface area (Å²) in [5, 5.41) is 7.50. The van der Waals surface area contributed by atoms with Gasteiger partial charge in [0.15, 0.2) is 5.82 Å². The van der Waals surface area contributed by atoms with Crippen molar-refractivity contribution >= 4 is 5.95 Å². The van der Waals surface area contributed by atoms with Gasteiger partial charge in [-0.05, 0) is 0 Å². The first-order valence-electron chi connectivity index (χ1n) is 4.18. The van der Waals surface area contributed by atoms with Crippen LogP contribution in [0.25, 0.3) is 0 Å². The maximum absolute atomic E-state index is 5.58. The van der Waals surface area contributed by atoms with Gasteiger partial charge in [0.2, 0.25) is 5.95 Å². The zero-order valence-electron chi connectivity index (χ0n) is 7.54. The number of nitrogen functional groups attached to an aromatic ring is 2. The van der Waals surface area contributed by atoms with E-state index in [1.165, 1.54) is 4.68 Å². The van der Waals surface area contributed by atoms with Gasteiger partial charge in [-0.3, -0.25) is 0 Å². The highest BCUT2D eigenvalue weighted by molar-refractivity contribution is 5.16. The normalized spacial score (nSPS) is 10.6. The molecule has 2 rings (SSSR count). The fraction of sp³-hybridized carbons (Fsp3) is 0.286. The number of aromatic nitrogens is 5. The molecule has 0 aliphatic heterocycles. The van der Waals surface area contributed by atoms with Crippen LogP contribution in [-0.2, 0) is 13.0 Å². The Morgan fingerprint density at radius 3 is 2.79 bits per heavy atom. The average Bonchev–Trinajstić information content (AvgIpc) is 2.77. The van der Waals surface area contributed by atoms with Crippen molar-refractivity contribution in [2.45, 2.75) is 13.0 Å². The van der Waals surface area contributed by atoms with E-state index in [0.717, 1.165) is 6.54 Å². The number of rotatable bonds is 3. The molecule has 0 bridgehead atoms. The molecule has 0 saturated heterocycles. The van der Waals surface area contributed by atoms with Gasteiger partial charge in [0.1, 0.15) is 0 Å². The average molecular weight is 193 g/mol. The summed E-state index contributed by atoms with van der Waals surface area (Å²) in [6.45, 7) is 0.759. The third kappa shape index (κ3) is 1.51. The van der Waals surface area contributed by atoms with Crippen molar-refractivity contribution in [1.82, 2.24) is 24.4 Å². The first-order chi connectivity index (χ1) is 6.77. The lowest BCUT2D eigenvalue weighted by molar-refractivity contribution is 0.657. The first-order valence-corrected chi connectivity index (χ1v) is 4.18. The van der Waals surface area contributed by atoms with Crippen molar-refractivity contribution in [3.63, 3.8) is 0 Å². The fourth-order valence-electron chi connectivity index (χ4n) is 1.16. The van der Waals surface area contributed by atoms with Crippen LogP contribution in [0.5, 0.6) is 0 Å². The zero-order valence-corrected chi connectivity index (χ0v) is 7.54. The van der Waals surface area contributed by atoms with Gasteiger partial charge >= 0.3 is 0 Å². The van der Waals surface area contributed by atoms with Crippen LogP contribution in [0.3, 0.4) is 0 Å². The molecule has 0 aliphatic rings. The van der Waals surface area contributed by atoms with Crippen LogP contribution in [0.1, 0.15) is 5.82 Å². The van der Waals surface area contributed by atoms with Crippen LogP contribution in [0, 0.1) is 0 Å². The Hall–Kier alpha value is -2.05. The Kier molecular flexibility index (Phi) is 2.05. The number of anilines is 1. The summed E-state index contributed by atoms with van der Waals surface area (Å²) in [4.78, 5) is 3.93. The largest absolute Gasteiger partial charge is 0.366 e. The van der Waals surface area contributed by atoms with Gasteiger partial charge in [-0.25, -0.2) is 9.66 Å². The molecular formula is C7H11N7. The quantitative estimate of drug-likeness (QED) is 0.610. The highest BCUT2D eigenvalue weighted by Crippen LogP contribution is 2.00. The predicted octanol–water partition coefficient (Wildman–Crippen LogP) is -0.987. The second-order valence-electron chi connectivity index (χ2n) is 2.89. The number of hydrogen-bond acceptors (Lipinski definition) is 5. The van der Waals surface area contributed by atoms with Crippen LogP contribution in [0.4, 0.5) is 5.95 Å². The molecule has 0 spiro atoms. The van der Waals surface area contributed by atoms with Crippen LogP contribution >= 0.6 is 0 Å². The number of hydrogen-bond donors (Lipinski definition) is 2. The second-order valence-corrected chi connectivity index (χ2v) is 2.89. The maximum Gasteiger partial charge on any atom is 0.240 e.